The van der Waals surface area contributed by atoms with Gasteiger partial charge in [0.1, 0.15) is 0 Å². The highest BCUT2D eigenvalue weighted by molar-refractivity contribution is 7.76. The van der Waals surface area contributed by atoms with Gasteiger partial charge in [-0.3, -0.25) is 4.99 Å². The largest absolute Gasteiger partial charge is 0.284 e. The van der Waals surface area contributed by atoms with E-state index in [1.807, 2.05) is 0 Å². The first-order valence-electron chi connectivity index (χ1n) is 9.88. The molecule has 0 N–H and O–H groups in total. The first-order chi connectivity index (χ1) is 10.5. The van der Waals surface area contributed by atoms with Crippen molar-refractivity contribution < 1.29 is 0 Å². The van der Waals surface area contributed by atoms with Crippen LogP contribution in [0.3, 0.4) is 0 Å². The third-order valence-corrected chi connectivity index (χ3v) is 8.70. The fourth-order valence-corrected chi connectivity index (χ4v) is 8.47. The van der Waals surface area contributed by atoms with Crippen molar-refractivity contribution in [3.63, 3.8) is 0 Å². The van der Waals surface area contributed by atoms with Crippen LogP contribution < -0.4 is 0 Å². The van der Waals surface area contributed by atoms with Crippen molar-refractivity contribution in [1.29, 1.82) is 0 Å². The number of hydrogen-bond donors (Lipinski definition) is 0. The lowest BCUT2D eigenvalue weighted by Gasteiger charge is -2.40. The van der Waals surface area contributed by atoms with E-state index in [-0.39, 0.29) is 13.5 Å². The first-order valence-corrected chi connectivity index (χ1v) is 11.4. The molecule has 0 radical (unpaired) electrons. The zero-order chi connectivity index (χ0) is 16.0. The summed E-state index contributed by atoms with van der Waals surface area (Å²) in [7, 11) is 0.0194. The van der Waals surface area contributed by atoms with Crippen molar-refractivity contribution in [3.8, 4) is 0 Å². The van der Waals surface area contributed by atoms with Crippen molar-refractivity contribution in [2.75, 3.05) is 0 Å². The van der Waals surface area contributed by atoms with Crippen LogP contribution in [0.2, 0.25) is 0 Å². The van der Waals surface area contributed by atoms with E-state index in [4.69, 9.17) is 4.99 Å². The molecule has 22 heavy (non-hydrogen) atoms. The van der Waals surface area contributed by atoms with Gasteiger partial charge >= 0.3 is 0 Å². The molecule has 1 nitrogen and oxygen atoms in total. The van der Waals surface area contributed by atoms with Gasteiger partial charge in [0, 0.05) is 5.45 Å². The summed E-state index contributed by atoms with van der Waals surface area (Å²) in [6.07, 6.45) is 17.4. The lowest BCUT2D eigenvalue weighted by atomic mass is 9.99. The molecule has 0 heterocycles. The average Bonchev–Trinajstić information content (AvgIpc) is 2.48. The summed E-state index contributed by atoms with van der Waals surface area (Å²) in [6, 6.07) is 0. The normalized spacial score (nSPS) is 23.2. The van der Waals surface area contributed by atoms with E-state index in [0.717, 1.165) is 11.3 Å². The predicted octanol–water partition coefficient (Wildman–Crippen LogP) is 7.13. The molecular weight excluding hydrogens is 285 g/mol. The molecule has 2 fully saturated rings. The molecule has 0 amide bonds. The minimum absolute atomic E-state index is 0.0194. The van der Waals surface area contributed by atoms with E-state index in [1.54, 1.807) is 5.45 Å². The highest BCUT2D eigenvalue weighted by atomic mass is 31.1. The molecule has 2 aliphatic rings. The Kier molecular flexibility index (Phi) is 7.39. The molecule has 128 valence electrons. The Morgan fingerprint density at radius 2 is 1.32 bits per heavy atom. The predicted molar refractivity (Wildman–Crippen MR) is 103 cm³/mol. The van der Waals surface area contributed by atoms with Crippen LogP contribution in [0.1, 0.15) is 105 Å². The number of rotatable bonds is 5. The molecule has 0 aromatic heterocycles. The molecule has 2 saturated carbocycles. The maximum absolute atomic E-state index is 5.29. The van der Waals surface area contributed by atoms with Crippen LogP contribution in [0, 0.1) is 0 Å². The zero-order valence-corrected chi connectivity index (χ0v) is 16.4. The molecule has 2 rings (SSSR count). The Balaban J connectivity index is 2.24. The minimum Gasteiger partial charge on any atom is -0.284 e. The second kappa shape index (κ2) is 8.81. The van der Waals surface area contributed by atoms with Crippen LogP contribution in [0.4, 0.5) is 0 Å². The molecule has 2 aliphatic carbocycles. The van der Waals surface area contributed by atoms with Crippen LogP contribution >= 0.6 is 7.92 Å². The molecule has 0 spiro atoms. The van der Waals surface area contributed by atoms with E-state index < -0.39 is 0 Å². The fourth-order valence-electron chi connectivity index (χ4n) is 4.29. The molecule has 0 atom stereocenters. The van der Waals surface area contributed by atoms with E-state index >= 15 is 0 Å². The molecule has 0 bridgehead atoms. The molecule has 0 aromatic carbocycles. The van der Waals surface area contributed by atoms with Gasteiger partial charge in [-0.05, 0) is 64.2 Å². The molecule has 0 aliphatic heterocycles. The van der Waals surface area contributed by atoms with Gasteiger partial charge in [0.15, 0.2) is 0 Å². The summed E-state index contributed by atoms with van der Waals surface area (Å²) in [4.78, 5) is 5.29. The molecule has 0 aromatic rings. The molecule has 0 unspecified atom stereocenters. The third kappa shape index (κ3) is 5.63. The van der Waals surface area contributed by atoms with Crippen molar-refractivity contribution in [1.82, 2.24) is 0 Å². The summed E-state index contributed by atoms with van der Waals surface area (Å²) in [5.74, 6) is 0. The average molecular weight is 324 g/mol. The van der Waals surface area contributed by atoms with Gasteiger partial charge in [0.05, 0.1) is 5.54 Å². The zero-order valence-electron chi connectivity index (χ0n) is 15.5. The van der Waals surface area contributed by atoms with Gasteiger partial charge in [0.25, 0.3) is 0 Å². The molecule has 2 heteroatoms. The quantitative estimate of drug-likeness (QED) is 0.377. The van der Waals surface area contributed by atoms with Crippen LogP contribution in [0.15, 0.2) is 4.99 Å². The van der Waals surface area contributed by atoms with Gasteiger partial charge in [-0.2, -0.15) is 0 Å². The minimum atomic E-state index is 0.0194. The lowest BCUT2D eigenvalue weighted by molar-refractivity contribution is 0.487. The van der Waals surface area contributed by atoms with E-state index in [0.29, 0.717) is 0 Å². The van der Waals surface area contributed by atoms with E-state index in [9.17, 15) is 0 Å². The Morgan fingerprint density at radius 3 is 1.68 bits per heavy atom. The van der Waals surface area contributed by atoms with Crippen LogP contribution in [-0.4, -0.2) is 22.3 Å². The van der Waals surface area contributed by atoms with Gasteiger partial charge in [-0.25, -0.2) is 0 Å². The van der Waals surface area contributed by atoms with Crippen molar-refractivity contribution >= 4 is 13.4 Å². The summed E-state index contributed by atoms with van der Waals surface area (Å²) in [6.45, 7) is 9.21. The van der Waals surface area contributed by atoms with Crippen LogP contribution in [-0.2, 0) is 0 Å². The maximum atomic E-state index is 5.29. The maximum Gasteiger partial charge on any atom is 0.0527 e. The smallest absolute Gasteiger partial charge is 0.0527 e. The van der Waals surface area contributed by atoms with Crippen molar-refractivity contribution in [2.45, 2.75) is 122 Å². The highest BCUT2D eigenvalue weighted by Crippen LogP contribution is 2.57. The second-order valence-electron chi connectivity index (χ2n) is 8.44. The highest BCUT2D eigenvalue weighted by Gasteiger charge is 2.34. The fraction of sp³-hybridized carbons (Fsp3) is 0.950. The van der Waals surface area contributed by atoms with Gasteiger partial charge in [-0.1, -0.05) is 59.8 Å². The van der Waals surface area contributed by atoms with E-state index in [1.165, 1.54) is 77.0 Å². The standard InChI is InChI=1S/C20H38NP/c1-5-12-19(21-20(2,3)4)22(17-13-8-6-9-14-17)18-15-10-7-11-16-18/h17-18H,5-16H2,1-4H3. The number of aliphatic imine (C=N–C) groups is 1. The third-order valence-electron chi connectivity index (χ3n) is 5.17. The number of nitrogens with zero attached hydrogens (tertiary/aromatic N) is 1. The Morgan fingerprint density at radius 1 is 0.864 bits per heavy atom. The van der Waals surface area contributed by atoms with E-state index in [2.05, 4.69) is 27.7 Å². The van der Waals surface area contributed by atoms with Crippen LogP contribution in [0.25, 0.3) is 0 Å². The van der Waals surface area contributed by atoms with Crippen molar-refractivity contribution in [2.24, 2.45) is 4.99 Å². The Bertz CT molecular complexity index is 325. The van der Waals surface area contributed by atoms with Crippen LogP contribution in [0.5, 0.6) is 0 Å². The SMILES string of the molecule is CCCC(=NC(C)(C)C)P(C1CCCCC1)C1CCCCC1. The monoisotopic (exact) mass is 323 g/mol. The molecular formula is C20H38NP. The second-order valence-corrected chi connectivity index (χ2v) is 11.2. The Hall–Kier alpha value is 0.100. The Labute approximate surface area is 140 Å². The van der Waals surface area contributed by atoms with Gasteiger partial charge < -0.3 is 0 Å². The van der Waals surface area contributed by atoms with Gasteiger partial charge in [0.2, 0.25) is 0 Å². The van der Waals surface area contributed by atoms with Crippen molar-refractivity contribution in [3.05, 3.63) is 0 Å². The summed E-state index contributed by atoms with van der Waals surface area (Å²) >= 11 is 0. The first kappa shape index (κ1) is 18.4. The summed E-state index contributed by atoms with van der Waals surface area (Å²) in [5.41, 5.74) is 3.76. The number of hydrogen-bond acceptors (Lipinski definition) is 1. The topological polar surface area (TPSA) is 12.4 Å². The lowest BCUT2D eigenvalue weighted by Crippen LogP contribution is -2.26. The summed E-state index contributed by atoms with van der Waals surface area (Å²) < 4.78 is 0. The van der Waals surface area contributed by atoms with Gasteiger partial charge in [-0.15, -0.1) is 0 Å². The summed E-state index contributed by atoms with van der Waals surface area (Å²) in [5, 5.41) is 0. The molecule has 0 saturated heterocycles.